The largest absolute Gasteiger partial charge is 0.392 e. The van der Waals surface area contributed by atoms with Crippen LogP contribution in [-0.2, 0) is 21.4 Å². The molecule has 0 aliphatic carbocycles. The van der Waals surface area contributed by atoms with Crippen molar-refractivity contribution in [2.45, 2.75) is 24.0 Å². The molecule has 0 spiro atoms. The molecule has 1 aromatic rings. The highest BCUT2D eigenvalue weighted by atomic mass is 32.2. The van der Waals surface area contributed by atoms with Crippen LogP contribution in [0.2, 0.25) is 0 Å². The lowest BCUT2D eigenvalue weighted by molar-refractivity contribution is 0.115. The van der Waals surface area contributed by atoms with Crippen LogP contribution in [0.5, 0.6) is 0 Å². The van der Waals surface area contributed by atoms with E-state index in [1.165, 1.54) is 17.5 Å². The van der Waals surface area contributed by atoms with Gasteiger partial charge in [-0.15, -0.1) is 0 Å². The average Bonchev–Trinajstić information content (AvgIpc) is 2.88. The van der Waals surface area contributed by atoms with Gasteiger partial charge in [-0.1, -0.05) is 6.07 Å². The predicted octanol–water partition coefficient (Wildman–Crippen LogP) is 0.727. The number of hydrogen-bond donors (Lipinski definition) is 1. The van der Waals surface area contributed by atoms with Crippen molar-refractivity contribution in [1.82, 2.24) is 4.31 Å². The van der Waals surface area contributed by atoms with Gasteiger partial charge in [0.25, 0.3) is 0 Å². The maximum atomic E-state index is 13.3. The molecule has 0 saturated carbocycles. The molecule has 1 atom stereocenters. The summed E-state index contributed by atoms with van der Waals surface area (Å²) in [6, 6.07) is 3.36. The number of benzene rings is 1. The maximum absolute atomic E-state index is 13.3. The number of sulfonamides is 1. The summed E-state index contributed by atoms with van der Waals surface area (Å²) >= 11 is 0. The van der Waals surface area contributed by atoms with Crippen LogP contribution >= 0.6 is 0 Å². The molecule has 1 N–H and O–H groups in total. The number of methoxy groups -OCH3 is 1. The van der Waals surface area contributed by atoms with Crippen LogP contribution in [0, 0.1) is 5.82 Å². The summed E-state index contributed by atoms with van der Waals surface area (Å²) in [6.45, 7) is 0.138. The zero-order valence-corrected chi connectivity index (χ0v) is 11.4. The molecule has 7 heteroatoms. The van der Waals surface area contributed by atoms with Crippen molar-refractivity contribution in [3.05, 3.63) is 29.6 Å². The Labute approximate surface area is 111 Å². The van der Waals surface area contributed by atoms with Gasteiger partial charge in [-0.2, -0.15) is 4.31 Å². The van der Waals surface area contributed by atoms with Crippen LogP contribution < -0.4 is 0 Å². The van der Waals surface area contributed by atoms with Crippen molar-refractivity contribution in [3.8, 4) is 0 Å². The fraction of sp³-hybridized carbons (Fsp3) is 0.500. The number of halogens is 1. The third kappa shape index (κ3) is 2.79. The van der Waals surface area contributed by atoms with E-state index in [2.05, 4.69) is 0 Å². The summed E-state index contributed by atoms with van der Waals surface area (Å²) in [5.41, 5.74) is 0.197. The summed E-state index contributed by atoms with van der Waals surface area (Å²) in [7, 11) is -2.26. The van der Waals surface area contributed by atoms with Crippen LogP contribution in [0.25, 0.3) is 0 Å². The monoisotopic (exact) mass is 289 g/mol. The third-order valence-electron chi connectivity index (χ3n) is 3.26. The number of aliphatic hydroxyl groups is 1. The van der Waals surface area contributed by atoms with Crippen LogP contribution in [-0.4, -0.2) is 44.1 Å². The Morgan fingerprint density at radius 3 is 2.84 bits per heavy atom. The quantitative estimate of drug-likeness (QED) is 0.887. The van der Waals surface area contributed by atoms with Gasteiger partial charge < -0.3 is 9.84 Å². The van der Waals surface area contributed by atoms with Crippen LogP contribution in [0.4, 0.5) is 4.39 Å². The Bertz CT molecular complexity index is 561. The first-order chi connectivity index (χ1) is 8.98. The SMILES string of the molecule is COC1CCN(S(=O)(=O)c2cc(F)ccc2CO)C1. The summed E-state index contributed by atoms with van der Waals surface area (Å²) in [5.74, 6) is -0.640. The van der Waals surface area contributed by atoms with E-state index in [4.69, 9.17) is 4.74 Å². The molecular formula is C12H16FNO4S. The van der Waals surface area contributed by atoms with Gasteiger partial charge in [-0.3, -0.25) is 0 Å². The molecule has 1 saturated heterocycles. The number of nitrogens with zero attached hydrogens (tertiary/aromatic N) is 1. The smallest absolute Gasteiger partial charge is 0.243 e. The number of rotatable bonds is 4. The van der Waals surface area contributed by atoms with E-state index in [0.717, 1.165) is 12.1 Å². The van der Waals surface area contributed by atoms with Crippen molar-refractivity contribution >= 4 is 10.0 Å². The highest BCUT2D eigenvalue weighted by Crippen LogP contribution is 2.25. The van der Waals surface area contributed by atoms with Gasteiger partial charge in [-0.05, 0) is 24.1 Å². The molecule has 0 amide bonds. The minimum absolute atomic E-state index is 0.138. The standard InChI is InChI=1S/C12H16FNO4S/c1-18-11-4-5-14(7-11)19(16,17)12-6-10(13)3-2-9(12)8-15/h2-3,6,11,15H,4-5,7-8H2,1H3. The van der Waals surface area contributed by atoms with E-state index in [1.807, 2.05) is 0 Å². The van der Waals surface area contributed by atoms with Gasteiger partial charge in [0.05, 0.1) is 17.6 Å². The summed E-state index contributed by atoms with van der Waals surface area (Å²) in [5, 5.41) is 9.18. The van der Waals surface area contributed by atoms with Gasteiger partial charge in [0, 0.05) is 20.2 Å². The number of ether oxygens (including phenoxy) is 1. The molecule has 1 aromatic carbocycles. The van der Waals surface area contributed by atoms with Crippen LogP contribution in [0.15, 0.2) is 23.1 Å². The molecular weight excluding hydrogens is 273 g/mol. The van der Waals surface area contributed by atoms with Crippen LogP contribution in [0.3, 0.4) is 0 Å². The fourth-order valence-corrected chi connectivity index (χ4v) is 3.86. The summed E-state index contributed by atoms with van der Waals surface area (Å²) in [6.07, 6.45) is 0.473. The molecule has 2 rings (SSSR count). The van der Waals surface area contributed by atoms with Crippen molar-refractivity contribution < 1.29 is 22.7 Å². The van der Waals surface area contributed by atoms with Gasteiger partial charge >= 0.3 is 0 Å². The van der Waals surface area contributed by atoms with E-state index in [0.29, 0.717) is 13.0 Å². The van der Waals surface area contributed by atoms with Crippen molar-refractivity contribution in [2.24, 2.45) is 0 Å². The minimum Gasteiger partial charge on any atom is -0.392 e. The Balaban J connectivity index is 2.37. The second-order valence-corrected chi connectivity index (χ2v) is 6.33. The van der Waals surface area contributed by atoms with E-state index in [9.17, 15) is 17.9 Å². The molecule has 0 aromatic heterocycles. The Morgan fingerprint density at radius 1 is 1.53 bits per heavy atom. The minimum atomic E-state index is -3.79. The second-order valence-electron chi connectivity index (χ2n) is 4.42. The highest BCUT2D eigenvalue weighted by Gasteiger charge is 2.33. The zero-order valence-electron chi connectivity index (χ0n) is 10.5. The predicted molar refractivity (Wildman–Crippen MR) is 66.5 cm³/mol. The molecule has 19 heavy (non-hydrogen) atoms. The molecule has 1 aliphatic rings. The molecule has 0 bridgehead atoms. The molecule has 0 radical (unpaired) electrons. The summed E-state index contributed by atoms with van der Waals surface area (Å²) in [4.78, 5) is -0.174. The molecule has 106 valence electrons. The first-order valence-electron chi connectivity index (χ1n) is 5.91. The van der Waals surface area contributed by atoms with Crippen molar-refractivity contribution in [2.75, 3.05) is 20.2 Å². The van der Waals surface area contributed by atoms with E-state index in [-0.39, 0.29) is 23.1 Å². The number of aliphatic hydroxyl groups excluding tert-OH is 1. The molecule has 1 aliphatic heterocycles. The van der Waals surface area contributed by atoms with E-state index >= 15 is 0 Å². The average molecular weight is 289 g/mol. The van der Waals surface area contributed by atoms with Crippen molar-refractivity contribution in [3.63, 3.8) is 0 Å². The topological polar surface area (TPSA) is 66.8 Å². The van der Waals surface area contributed by atoms with Gasteiger partial charge in [0.1, 0.15) is 5.82 Å². The lowest BCUT2D eigenvalue weighted by atomic mass is 10.2. The molecule has 1 heterocycles. The Hall–Kier alpha value is -1.02. The Kier molecular flexibility index (Phi) is 4.19. The zero-order chi connectivity index (χ0) is 14.0. The van der Waals surface area contributed by atoms with Gasteiger partial charge in [0.15, 0.2) is 0 Å². The fourth-order valence-electron chi connectivity index (χ4n) is 2.15. The van der Waals surface area contributed by atoms with Crippen molar-refractivity contribution in [1.29, 1.82) is 0 Å². The molecule has 1 fully saturated rings. The first kappa shape index (κ1) is 14.4. The Morgan fingerprint density at radius 2 is 2.26 bits per heavy atom. The first-order valence-corrected chi connectivity index (χ1v) is 7.35. The molecule has 5 nitrogen and oxygen atoms in total. The summed E-state index contributed by atoms with van der Waals surface area (Å²) < 4.78 is 44.5. The lowest BCUT2D eigenvalue weighted by Crippen LogP contribution is -2.30. The number of hydrogen-bond acceptors (Lipinski definition) is 4. The third-order valence-corrected chi connectivity index (χ3v) is 5.21. The van der Waals surface area contributed by atoms with Gasteiger partial charge in [0.2, 0.25) is 10.0 Å². The van der Waals surface area contributed by atoms with Crippen LogP contribution in [0.1, 0.15) is 12.0 Å². The second kappa shape index (κ2) is 5.54. The maximum Gasteiger partial charge on any atom is 0.243 e. The van der Waals surface area contributed by atoms with E-state index in [1.54, 1.807) is 0 Å². The van der Waals surface area contributed by atoms with E-state index < -0.39 is 22.4 Å². The normalized spacial score (nSPS) is 20.9. The lowest BCUT2D eigenvalue weighted by Gasteiger charge is -2.18. The molecule has 1 unspecified atom stereocenters. The highest BCUT2D eigenvalue weighted by molar-refractivity contribution is 7.89. The van der Waals surface area contributed by atoms with Gasteiger partial charge in [-0.25, -0.2) is 12.8 Å².